The molecule has 2 aromatic carbocycles. The van der Waals surface area contributed by atoms with Crippen LogP contribution in [0.3, 0.4) is 0 Å². The van der Waals surface area contributed by atoms with Crippen LogP contribution in [0.1, 0.15) is 43.0 Å². The van der Waals surface area contributed by atoms with E-state index < -0.39 is 27.7 Å². The number of benzene rings is 2. The van der Waals surface area contributed by atoms with Crippen LogP contribution in [0.15, 0.2) is 47.4 Å². The predicted octanol–water partition coefficient (Wildman–Crippen LogP) is 3.83. The Morgan fingerprint density at radius 3 is 2.59 bits per heavy atom. The van der Waals surface area contributed by atoms with Gasteiger partial charge in [-0.05, 0) is 61.7 Å². The summed E-state index contributed by atoms with van der Waals surface area (Å²) in [5, 5.41) is 2.78. The Balaban J connectivity index is 1.66. The molecule has 1 atom stereocenters. The lowest BCUT2D eigenvalue weighted by molar-refractivity contribution is -0.120. The fraction of sp³-hybridized carbons (Fsp3) is 0.417. The Bertz CT molecular complexity index is 1120. The number of unbranched alkanes of at least 4 members (excludes halogenated alkanes) is 1. The zero-order valence-electron chi connectivity index (χ0n) is 19.3. The number of anilines is 1. The molecule has 0 unspecified atom stereocenters. The molecule has 2 aromatic rings. The second-order valence-corrected chi connectivity index (χ2v) is 9.96. The number of hydrogen-bond acceptors (Lipinski definition) is 6. The summed E-state index contributed by atoms with van der Waals surface area (Å²) in [6.45, 7) is 2.55. The SMILES string of the molecule is CCCCOC(=O)c1ccc(NC(=O)[C@@H]2CCCN(S(=O)(=O)c3cc(F)ccc3OC)C2)cc1. The number of piperidine rings is 1. The Hall–Kier alpha value is -2.98. The average Bonchev–Trinajstić information content (AvgIpc) is 2.84. The molecular formula is C24H29FN2O6S. The molecular weight excluding hydrogens is 463 g/mol. The molecule has 0 saturated carbocycles. The lowest BCUT2D eigenvalue weighted by Gasteiger charge is -2.31. The summed E-state index contributed by atoms with van der Waals surface area (Å²) in [7, 11) is -2.74. The molecule has 0 aromatic heterocycles. The highest BCUT2D eigenvalue weighted by atomic mass is 32.2. The van der Waals surface area contributed by atoms with Gasteiger partial charge in [-0.2, -0.15) is 4.31 Å². The van der Waals surface area contributed by atoms with Gasteiger partial charge in [0.1, 0.15) is 16.5 Å². The van der Waals surface area contributed by atoms with E-state index in [-0.39, 0.29) is 29.6 Å². The monoisotopic (exact) mass is 492 g/mol. The number of hydrogen-bond donors (Lipinski definition) is 1. The van der Waals surface area contributed by atoms with Crippen LogP contribution in [-0.2, 0) is 19.6 Å². The van der Waals surface area contributed by atoms with Crippen molar-refractivity contribution in [3.63, 3.8) is 0 Å². The average molecular weight is 493 g/mol. The number of nitrogens with one attached hydrogen (secondary N) is 1. The highest BCUT2D eigenvalue weighted by Crippen LogP contribution is 2.30. The van der Waals surface area contributed by atoms with Crippen molar-refractivity contribution in [2.24, 2.45) is 5.92 Å². The number of nitrogens with zero attached hydrogens (tertiary/aromatic N) is 1. The van der Waals surface area contributed by atoms with Crippen LogP contribution < -0.4 is 10.1 Å². The van der Waals surface area contributed by atoms with Crippen LogP contribution in [0.2, 0.25) is 0 Å². The lowest BCUT2D eigenvalue weighted by atomic mass is 9.98. The maximum atomic E-state index is 13.8. The molecule has 0 aliphatic carbocycles. The Morgan fingerprint density at radius 1 is 1.18 bits per heavy atom. The molecule has 1 amide bonds. The summed E-state index contributed by atoms with van der Waals surface area (Å²) in [4.78, 5) is 24.6. The zero-order valence-corrected chi connectivity index (χ0v) is 20.1. The van der Waals surface area contributed by atoms with Crippen LogP contribution in [0.4, 0.5) is 10.1 Å². The second kappa shape index (κ2) is 11.4. The Morgan fingerprint density at radius 2 is 1.91 bits per heavy atom. The van der Waals surface area contributed by atoms with Crippen molar-refractivity contribution in [3.8, 4) is 5.75 Å². The predicted molar refractivity (Wildman–Crippen MR) is 125 cm³/mol. The van der Waals surface area contributed by atoms with E-state index in [0.29, 0.717) is 30.7 Å². The maximum Gasteiger partial charge on any atom is 0.338 e. The first kappa shape index (κ1) is 25.6. The minimum Gasteiger partial charge on any atom is -0.495 e. The highest BCUT2D eigenvalue weighted by Gasteiger charge is 2.35. The van der Waals surface area contributed by atoms with E-state index in [0.717, 1.165) is 25.0 Å². The third kappa shape index (κ3) is 6.12. The molecule has 1 fully saturated rings. The number of ether oxygens (including phenoxy) is 2. The second-order valence-electron chi connectivity index (χ2n) is 8.05. The van der Waals surface area contributed by atoms with Crippen molar-refractivity contribution in [3.05, 3.63) is 53.8 Å². The van der Waals surface area contributed by atoms with Gasteiger partial charge < -0.3 is 14.8 Å². The van der Waals surface area contributed by atoms with Crippen LogP contribution in [-0.4, -0.2) is 51.4 Å². The van der Waals surface area contributed by atoms with Gasteiger partial charge in [-0.1, -0.05) is 13.3 Å². The van der Waals surface area contributed by atoms with Crippen molar-refractivity contribution in [1.29, 1.82) is 0 Å². The number of amides is 1. The molecule has 1 aliphatic rings. The van der Waals surface area contributed by atoms with E-state index in [4.69, 9.17) is 9.47 Å². The van der Waals surface area contributed by atoms with Gasteiger partial charge in [0.05, 0.1) is 25.2 Å². The third-order valence-electron chi connectivity index (χ3n) is 5.62. The number of rotatable bonds is 9. The molecule has 184 valence electrons. The maximum absolute atomic E-state index is 13.8. The first-order chi connectivity index (χ1) is 16.3. The van der Waals surface area contributed by atoms with Crippen molar-refractivity contribution >= 4 is 27.6 Å². The highest BCUT2D eigenvalue weighted by molar-refractivity contribution is 7.89. The molecule has 34 heavy (non-hydrogen) atoms. The first-order valence-electron chi connectivity index (χ1n) is 11.2. The fourth-order valence-electron chi connectivity index (χ4n) is 3.69. The number of esters is 1. The van der Waals surface area contributed by atoms with E-state index in [2.05, 4.69) is 5.32 Å². The topological polar surface area (TPSA) is 102 Å². The zero-order chi connectivity index (χ0) is 24.7. The van der Waals surface area contributed by atoms with E-state index in [1.807, 2.05) is 6.92 Å². The van der Waals surface area contributed by atoms with Crippen molar-refractivity contribution in [2.75, 3.05) is 32.1 Å². The molecule has 3 rings (SSSR count). The molecule has 0 spiro atoms. The smallest absolute Gasteiger partial charge is 0.338 e. The number of halogens is 1. The molecule has 1 aliphatic heterocycles. The molecule has 10 heteroatoms. The van der Waals surface area contributed by atoms with Crippen LogP contribution >= 0.6 is 0 Å². The molecule has 0 bridgehead atoms. The number of carbonyl (C=O) groups excluding carboxylic acids is 2. The van der Waals surface area contributed by atoms with Crippen LogP contribution in [0, 0.1) is 11.7 Å². The quantitative estimate of drug-likeness (QED) is 0.422. The van der Waals surface area contributed by atoms with E-state index in [1.54, 1.807) is 24.3 Å². The summed E-state index contributed by atoms with van der Waals surface area (Å²) >= 11 is 0. The van der Waals surface area contributed by atoms with Gasteiger partial charge in [-0.25, -0.2) is 17.6 Å². The minimum absolute atomic E-state index is 0.0321. The van der Waals surface area contributed by atoms with Crippen LogP contribution in [0.5, 0.6) is 5.75 Å². The number of sulfonamides is 1. The van der Waals surface area contributed by atoms with Gasteiger partial charge in [0.15, 0.2) is 0 Å². The lowest BCUT2D eigenvalue weighted by Crippen LogP contribution is -2.43. The van der Waals surface area contributed by atoms with E-state index >= 15 is 0 Å². The van der Waals surface area contributed by atoms with Gasteiger partial charge in [0, 0.05) is 18.8 Å². The molecule has 0 radical (unpaired) electrons. The van der Waals surface area contributed by atoms with E-state index in [1.165, 1.54) is 17.5 Å². The summed E-state index contributed by atoms with van der Waals surface area (Å²) in [5.41, 5.74) is 0.870. The Labute approximate surface area is 199 Å². The van der Waals surface area contributed by atoms with Crippen molar-refractivity contribution in [2.45, 2.75) is 37.5 Å². The van der Waals surface area contributed by atoms with E-state index in [9.17, 15) is 22.4 Å². The normalized spacial score (nSPS) is 16.6. The summed E-state index contributed by atoms with van der Waals surface area (Å²) in [5.74, 6) is -1.98. The molecule has 1 heterocycles. The largest absolute Gasteiger partial charge is 0.495 e. The molecule has 1 N–H and O–H groups in total. The summed E-state index contributed by atoms with van der Waals surface area (Å²) in [6, 6.07) is 9.65. The summed E-state index contributed by atoms with van der Waals surface area (Å²) in [6.07, 6.45) is 2.71. The van der Waals surface area contributed by atoms with Crippen LogP contribution in [0.25, 0.3) is 0 Å². The first-order valence-corrected chi connectivity index (χ1v) is 12.6. The van der Waals surface area contributed by atoms with Gasteiger partial charge in [0.2, 0.25) is 15.9 Å². The van der Waals surface area contributed by atoms with Gasteiger partial charge in [-0.15, -0.1) is 0 Å². The molecule has 8 nitrogen and oxygen atoms in total. The third-order valence-corrected chi connectivity index (χ3v) is 7.50. The van der Waals surface area contributed by atoms with Gasteiger partial charge >= 0.3 is 5.97 Å². The van der Waals surface area contributed by atoms with Crippen molar-refractivity contribution in [1.82, 2.24) is 4.31 Å². The minimum atomic E-state index is -4.05. The summed E-state index contributed by atoms with van der Waals surface area (Å²) < 4.78 is 51.5. The van der Waals surface area contributed by atoms with Gasteiger partial charge in [-0.3, -0.25) is 4.79 Å². The fourth-order valence-corrected chi connectivity index (χ4v) is 5.38. The standard InChI is InChI=1S/C24H29FN2O6S/c1-3-4-14-33-24(29)17-7-10-20(11-8-17)26-23(28)18-6-5-13-27(16-18)34(30,31)22-15-19(25)9-12-21(22)32-2/h7-12,15,18H,3-6,13-14,16H2,1-2H3,(H,26,28)/t18-/m1/s1. The Kier molecular flexibility index (Phi) is 8.62. The van der Waals surface area contributed by atoms with Crippen molar-refractivity contribution < 1.29 is 31.9 Å². The molecule has 1 saturated heterocycles. The number of carbonyl (C=O) groups is 2. The number of methoxy groups -OCH3 is 1. The van der Waals surface area contributed by atoms with Gasteiger partial charge in [0.25, 0.3) is 0 Å².